The topological polar surface area (TPSA) is 69.7 Å². The molecule has 0 bridgehead atoms. The van der Waals surface area contributed by atoms with Gasteiger partial charge in [-0.15, -0.1) is 0 Å². The lowest BCUT2D eigenvalue weighted by Crippen LogP contribution is -2.54. The summed E-state index contributed by atoms with van der Waals surface area (Å²) in [6.07, 6.45) is 1.95. The molecule has 1 aliphatic rings. The molecule has 0 radical (unpaired) electrons. The van der Waals surface area contributed by atoms with E-state index in [-0.39, 0.29) is 17.0 Å². The zero-order valence-corrected chi connectivity index (χ0v) is 16.4. The molecule has 2 rings (SSSR count). The third-order valence-corrected chi connectivity index (χ3v) is 6.98. The number of halogens is 1. The smallest absolute Gasteiger partial charge is 0.317 e. The minimum absolute atomic E-state index is 0.117. The number of hydrogen-bond donors (Lipinski definition) is 1. The number of nitrogens with zero attached hydrogens (tertiary/aromatic N) is 2. The molecule has 1 heterocycles. The molecule has 24 heavy (non-hydrogen) atoms. The van der Waals surface area contributed by atoms with E-state index in [0.29, 0.717) is 30.7 Å². The Morgan fingerprint density at radius 2 is 1.88 bits per heavy atom. The maximum Gasteiger partial charge on any atom is 0.317 e. The first-order chi connectivity index (χ1) is 11.4. The lowest BCUT2D eigenvalue weighted by Gasteiger charge is -2.34. The molecule has 0 saturated carbocycles. The van der Waals surface area contributed by atoms with Gasteiger partial charge in [0, 0.05) is 36.7 Å². The Hall–Kier alpha value is -1.12. The largest absolute Gasteiger partial charge is 0.336 e. The summed E-state index contributed by atoms with van der Waals surface area (Å²) in [4.78, 5) is 14.1. The highest BCUT2D eigenvalue weighted by atomic mass is 79.9. The van der Waals surface area contributed by atoms with E-state index in [1.807, 2.05) is 6.92 Å². The van der Waals surface area contributed by atoms with Crippen molar-refractivity contribution in [2.24, 2.45) is 0 Å². The normalized spacial score (nSPS) is 17.5. The van der Waals surface area contributed by atoms with Crippen LogP contribution in [0.2, 0.25) is 0 Å². The van der Waals surface area contributed by atoms with E-state index < -0.39 is 10.0 Å². The number of urea groups is 1. The lowest BCUT2D eigenvalue weighted by molar-refractivity contribution is 0.169. The summed E-state index contributed by atoms with van der Waals surface area (Å²) >= 11 is 3.30. The number of sulfonamides is 1. The Labute approximate surface area is 152 Å². The van der Waals surface area contributed by atoms with E-state index >= 15 is 0 Å². The average Bonchev–Trinajstić information content (AvgIpc) is 2.55. The Morgan fingerprint density at radius 1 is 1.25 bits per heavy atom. The second kappa shape index (κ2) is 8.31. The van der Waals surface area contributed by atoms with Crippen molar-refractivity contribution in [2.45, 2.75) is 37.6 Å². The first-order valence-electron chi connectivity index (χ1n) is 8.16. The molecule has 0 aliphatic carbocycles. The van der Waals surface area contributed by atoms with Gasteiger partial charge in [0.1, 0.15) is 0 Å². The number of piperazine rings is 1. The first kappa shape index (κ1) is 19.2. The van der Waals surface area contributed by atoms with Gasteiger partial charge in [0.05, 0.1) is 4.90 Å². The second-order valence-corrected chi connectivity index (χ2v) is 8.72. The predicted molar refractivity (Wildman–Crippen MR) is 97.4 cm³/mol. The minimum atomic E-state index is -3.55. The fraction of sp³-hybridized carbons (Fsp3) is 0.562. The standard InChI is InChI=1S/C16H24BrN3O3S/c1-3-6-13(2)18-16(21)19-9-11-20(12-10-19)24(22,23)15-8-5-4-7-14(15)17/h4-5,7-8,13H,3,6,9-12H2,1-2H3,(H,18,21)/t13-/m0/s1. The summed E-state index contributed by atoms with van der Waals surface area (Å²) in [6, 6.07) is 6.80. The van der Waals surface area contributed by atoms with Crippen molar-refractivity contribution in [1.82, 2.24) is 14.5 Å². The van der Waals surface area contributed by atoms with Gasteiger partial charge in [0.15, 0.2) is 0 Å². The van der Waals surface area contributed by atoms with Gasteiger partial charge in [-0.2, -0.15) is 4.31 Å². The van der Waals surface area contributed by atoms with Crippen molar-refractivity contribution in [2.75, 3.05) is 26.2 Å². The van der Waals surface area contributed by atoms with Crippen LogP contribution in [0.1, 0.15) is 26.7 Å². The van der Waals surface area contributed by atoms with Crippen molar-refractivity contribution in [1.29, 1.82) is 0 Å². The van der Waals surface area contributed by atoms with Crippen LogP contribution in [0.5, 0.6) is 0 Å². The molecular formula is C16H24BrN3O3S. The molecule has 1 N–H and O–H groups in total. The first-order valence-corrected chi connectivity index (χ1v) is 10.4. The van der Waals surface area contributed by atoms with E-state index in [1.54, 1.807) is 29.2 Å². The summed E-state index contributed by atoms with van der Waals surface area (Å²) in [6.45, 7) is 5.46. The average molecular weight is 418 g/mol. The van der Waals surface area contributed by atoms with Crippen molar-refractivity contribution < 1.29 is 13.2 Å². The Bertz CT molecular complexity index is 673. The summed E-state index contributed by atoms with van der Waals surface area (Å²) in [5.74, 6) is 0. The van der Waals surface area contributed by atoms with Crippen LogP contribution in [0, 0.1) is 0 Å². The Morgan fingerprint density at radius 3 is 2.46 bits per heavy atom. The number of carbonyl (C=O) groups excluding carboxylic acids is 1. The molecule has 1 fully saturated rings. The Balaban J connectivity index is 1.97. The Kier molecular flexibility index (Phi) is 6.65. The summed E-state index contributed by atoms with van der Waals surface area (Å²) in [5, 5.41) is 2.96. The van der Waals surface area contributed by atoms with E-state index in [4.69, 9.17) is 0 Å². The lowest BCUT2D eigenvalue weighted by atomic mass is 10.2. The highest BCUT2D eigenvalue weighted by Gasteiger charge is 2.31. The molecule has 134 valence electrons. The fourth-order valence-electron chi connectivity index (χ4n) is 2.73. The quantitative estimate of drug-likeness (QED) is 0.800. The zero-order chi connectivity index (χ0) is 17.7. The van der Waals surface area contributed by atoms with Crippen molar-refractivity contribution in [3.05, 3.63) is 28.7 Å². The summed E-state index contributed by atoms with van der Waals surface area (Å²) < 4.78 is 27.4. The van der Waals surface area contributed by atoms with Gasteiger partial charge in [0.2, 0.25) is 10.0 Å². The predicted octanol–water partition coefficient (Wildman–Crippen LogP) is 2.65. The third-order valence-electron chi connectivity index (χ3n) is 4.07. The van der Waals surface area contributed by atoms with Crippen LogP contribution >= 0.6 is 15.9 Å². The van der Waals surface area contributed by atoms with Gasteiger partial charge in [-0.25, -0.2) is 13.2 Å². The minimum Gasteiger partial charge on any atom is -0.336 e. The summed E-state index contributed by atoms with van der Waals surface area (Å²) in [7, 11) is -3.55. The van der Waals surface area contributed by atoms with Gasteiger partial charge < -0.3 is 10.2 Å². The van der Waals surface area contributed by atoms with Crippen molar-refractivity contribution in [3.63, 3.8) is 0 Å². The van der Waals surface area contributed by atoms with E-state index in [0.717, 1.165) is 12.8 Å². The maximum absolute atomic E-state index is 12.7. The van der Waals surface area contributed by atoms with E-state index in [1.165, 1.54) is 4.31 Å². The monoisotopic (exact) mass is 417 g/mol. The molecule has 1 atom stereocenters. The highest BCUT2D eigenvalue weighted by molar-refractivity contribution is 9.10. The van der Waals surface area contributed by atoms with Gasteiger partial charge in [-0.05, 0) is 41.4 Å². The molecule has 0 spiro atoms. The van der Waals surface area contributed by atoms with E-state index in [2.05, 4.69) is 28.2 Å². The van der Waals surface area contributed by atoms with E-state index in [9.17, 15) is 13.2 Å². The van der Waals surface area contributed by atoms with Crippen molar-refractivity contribution >= 4 is 32.0 Å². The molecule has 6 nitrogen and oxygen atoms in total. The second-order valence-electron chi connectivity index (χ2n) is 5.96. The van der Waals surface area contributed by atoms with Crippen LogP contribution in [0.25, 0.3) is 0 Å². The SMILES string of the molecule is CCC[C@H](C)NC(=O)N1CCN(S(=O)(=O)c2ccccc2Br)CC1. The number of carbonyl (C=O) groups is 1. The van der Waals surface area contributed by atoms with Crippen LogP contribution in [0.3, 0.4) is 0 Å². The van der Waals surface area contributed by atoms with Gasteiger partial charge >= 0.3 is 6.03 Å². The zero-order valence-electron chi connectivity index (χ0n) is 14.0. The van der Waals surface area contributed by atoms with Crippen LogP contribution in [-0.4, -0.2) is 55.9 Å². The van der Waals surface area contributed by atoms with Crippen molar-refractivity contribution in [3.8, 4) is 0 Å². The molecule has 1 aliphatic heterocycles. The number of hydrogen-bond acceptors (Lipinski definition) is 3. The summed E-state index contributed by atoms with van der Waals surface area (Å²) in [5.41, 5.74) is 0. The molecule has 1 aromatic rings. The molecule has 1 aromatic carbocycles. The number of benzene rings is 1. The number of rotatable bonds is 5. The van der Waals surface area contributed by atoms with Gasteiger partial charge in [-0.1, -0.05) is 25.5 Å². The molecule has 8 heteroatoms. The van der Waals surface area contributed by atoms with Crippen LogP contribution in [0.15, 0.2) is 33.6 Å². The number of amides is 2. The maximum atomic E-state index is 12.7. The highest BCUT2D eigenvalue weighted by Crippen LogP contribution is 2.25. The third kappa shape index (κ3) is 4.49. The molecule has 1 saturated heterocycles. The fourth-order valence-corrected chi connectivity index (χ4v) is 5.12. The molecule has 0 aromatic heterocycles. The van der Waals surface area contributed by atoms with Crippen LogP contribution < -0.4 is 5.32 Å². The van der Waals surface area contributed by atoms with Gasteiger partial charge in [0.25, 0.3) is 0 Å². The van der Waals surface area contributed by atoms with Crippen LogP contribution in [0.4, 0.5) is 4.79 Å². The van der Waals surface area contributed by atoms with Crippen LogP contribution in [-0.2, 0) is 10.0 Å². The number of nitrogens with one attached hydrogen (secondary N) is 1. The molecule has 2 amide bonds. The van der Waals surface area contributed by atoms with Gasteiger partial charge in [-0.3, -0.25) is 0 Å². The molecule has 0 unspecified atom stereocenters. The molecular weight excluding hydrogens is 394 g/mol.